The van der Waals surface area contributed by atoms with Gasteiger partial charge in [0.05, 0.1) is 25.5 Å². The third-order valence-corrected chi connectivity index (χ3v) is 5.04. The van der Waals surface area contributed by atoms with E-state index in [9.17, 15) is 9.59 Å². The second kappa shape index (κ2) is 8.71. The Labute approximate surface area is 180 Å². The molecule has 0 radical (unpaired) electrons. The number of carbonyl (C=O) groups excluding carboxylic acids is 2. The first-order chi connectivity index (χ1) is 15.1. The van der Waals surface area contributed by atoms with Gasteiger partial charge in [0.15, 0.2) is 0 Å². The Kier molecular flexibility index (Phi) is 5.67. The van der Waals surface area contributed by atoms with Crippen molar-refractivity contribution in [1.29, 1.82) is 0 Å². The van der Waals surface area contributed by atoms with E-state index in [1.165, 1.54) is 7.11 Å². The number of esters is 1. The van der Waals surface area contributed by atoms with Crippen molar-refractivity contribution in [3.8, 4) is 5.75 Å². The molecule has 5 nitrogen and oxygen atoms in total. The summed E-state index contributed by atoms with van der Waals surface area (Å²) in [6.45, 7) is 0. The zero-order valence-corrected chi connectivity index (χ0v) is 17.2. The molecule has 0 saturated heterocycles. The summed E-state index contributed by atoms with van der Waals surface area (Å²) in [5, 5.41) is 0. The Balaban J connectivity index is 1.75. The minimum Gasteiger partial charge on any atom is -0.497 e. The van der Waals surface area contributed by atoms with E-state index in [2.05, 4.69) is 0 Å². The average Bonchev–Trinajstić information content (AvgIpc) is 3.15. The molecule has 4 rings (SSSR count). The Bertz CT molecular complexity index is 1160. The number of benzene rings is 3. The highest BCUT2D eigenvalue weighted by molar-refractivity contribution is 6.23. The molecular formula is C26H21NO4. The molecule has 3 aromatic carbocycles. The Morgan fingerprint density at radius 2 is 1.55 bits per heavy atom. The molecule has 154 valence electrons. The van der Waals surface area contributed by atoms with Gasteiger partial charge in [-0.05, 0) is 59.7 Å². The van der Waals surface area contributed by atoms with Gasteiger partial charge in [0.2, 0.25) is 0 Å². The van der Waals surface area contributed by atoms with E-state index in [4.69, 9.17) is 9.47 Å². The molecule has 1 heterocycles. The minimum absolute atomic E-state index is 0.138. The van der Waals surface area contributed by atoms with Crippen LogP contribution >= 0.6 is 0 Å². The SMILES string of the molecule is COC(=O)c1ccc(N2C(=O)C(=Cc3ccc(OC)cc3)C=C2c2ccccc2)cc1. The number of ether oxygens (including phenoxy) is 2. The molecule has 0 bridgehead atoms. The second-order valence-electron chi connectivity index (χ2n) is 6.95. The molecule has 31 heavy (non-hydrogen) atoms. The van der Waals surface area contributed by atoms with Crippen LogP contribution in [0.2, 0.25) is 0 Å². The Hall–Kier alpha value is -4.12. The van der Waals surface area contributed by atoms with Gasteiger partial charge >= 0.3 is 5.97 Å². The third-order valence-electron chi connectivity index (χ3n) is 5.04. The number of amides is 1. The highest BCUT2D eigenvalue weighted by atomic mass is 16.5. The van der Waals surface area contributed by atoms with E-state index in [-0.39, 0.29) is 5.91 Å². The third kappa shape index (κ3) is 4.12. The van der Waals surface area contributed by atoms with Crippen molar-refractivity contribution in [3.63, 3.8) is 0 Å². The molecule has 0 saturated carbocycles. The van der Waals surface area contributed by atoms with Gasteiger partial charge in [0.1, 0.15) is 5.75 Å². The largest absolute Gasteiger partial charge is 0.497 e. The maximum Gasteiger partial charge on any atom is 0.337 e. The Morgan fingerprint density at radius 3 is 2.16 bits per heavy atom. The highest BCUT2D eigenvalue weighted by Crippen LogP contribution is 2.35. The lowest BCUT2D eigenvalue weighted by molar-refractivity contribution is -0.113. The summed E-state index contributed by atoms with van der Waals surface area (Å²) in [5.74, 6) is 0.200. The first kappa shape index (κ1) is 20.2. The summed E-state index contributed by atoms with van der Waals surface area (Å²) in [6.07, 6.45) is 3.74. The lowest BCUT2D eigenvalue weighted by Gasteiger charge is -2.21. The summed E-state index contributed by atoms with van der Waals surface area (Å²) in [5.41, 5.74) is 4.27. The van der Waals surface area contributed by atoms with Crippen LogP contribution in [0.4, 0.5) is 5.69 Å². The fraction of sp³-hybridized carbons (Fsp3) is 0.0769. The topological polar surface area (TPSA) is 55.8 Å². The van der Waals surface area contributed by atoms with E-state index in [0.717, 1.165) is 22.6 Å². The van der Waals surface area contributed by atoms with Crippen molar-refractivity contribution < 1.29 is 19.1 Å². The van der Waals surface area contributed by atoms with E-state index in [0.29, 0.717) is 16.8 Å². The van der Waals surface area contributed by atoms with Crippen molar-refractivity contribution in [1.82, 2.24) is 0 Å². The van der Waals surface area contributed by atoms with Gasteiger partial charge in [0.25, 0.3) is 5.91 Å². The number of carbonyl (C=O) groups is 2. The number of methoxy groups -OCH3 is 2. The maximum atomic E-state index is 13.4. The van der Waals surface area contributed by atoms with E-state index >= 15 is 0 Å². The van der Waals surface area contributed by atoms with E-state index in [1.54, 1.807) is 36.3 Å². The molecule has 0 N–H and O–H groups in total. The molecule has 0 aliphatic carbocycles. The quantitative estimate of drug-likeness (QED) is 0.440. The van der Waals surface area contributed by atoms with E-state index < -0.39 is 5.97 Å². The number of nitrogens with zero attached hydrogens (tertiary/aromatic N) is 1. The van der Waals surface area contributed by atoms with Crippen molar-refractivity contribution in [3.05, 3.63) is 107 Å². The molecule has 0 unspecified atom stereocenters. The number of anilines is 1. The molecule has 1 amide bonds. The van der Waals surface area contributed by atoms with Crippen LogP contribution in [0.3, 0.4) is 0 Å². The summed E-state index contributed by atoms with van der Waals surface area (Å²) in [7, 11) is 2.96. The van der Waals surface area contributed by atoms with Gasteiger partial charge < -0.3 is 9.47 Å². The maximum absolute atomic E-state index is 13.4. The lowest BCUT2D eigenvalue weighted by Crippen LogP contribution is -2.25. The van der Waals surface area contributed by atoms with Crippen LogP contribution < -0.4 is 9.64 Å². The molecule has 1 aliphatic heterocycles. The number of rotatable bonds is 5. The van der Waals surface area contributed by atoms with Crippen molar-refractivity contribution in [2.75, 3.05) is 19.1 Å². The standard InChI is InChI=1S/C26H21NO4/c1-30-23-14-8-18(9-15-23)16-21-17-24(19-6-4-3-5-7-19)27(25(21)28)22-12-10-20(11-13-22)26(29)31-2/h3-17H,1-2H3. The smallest absolute Gasteiger partial charge is 0.337 e. The van der Waals surface area contributed by atoms with Crippen LogP contribution in [0.15, 0.2) is 90.5 Å². The molecule has 0 spiro atoms. The predicted octanol–water partition coefficient (Wildman–Crippen LogP) is 4.95. The molecule has 0 aromatic heterocycles. The van der Waals surface area contributed by atoms with Gasteiger partial charge in [-0.1, -0.05) is 42.5 Å². The highest BCUT2D eigenvalue weighted by Gasteiger charge is 2.30. The van der Waals surface area contributed by atoms with Crippen molar-refractivity contribution in [2.45, 2.75) is 0 Å². The average molecular weight is 411 g/mol. The summed E-state index contributed by atoms with van der Waals surface area (Å²) in [6, 6.07) is 24.1. The van der Waals surface area contributed by atoms with Crippen LogP contribution in [0.1, 0.15) is 21.5 Å². The normalized spacial score (nSPS) is 14.5. The first-order valence-corrected chi connectivity index (χ1v) is 9.76. The molecule has 0 fully saturated rings. The van der Waals surface area contributed by atoms with Crippen molar-refractivity contribution in [2.24, 2.45) is 0 Å². The first-order valence-electron chi connectivity index (χ1n) is 9.76. The lowest BCUT2D eigenvalue weighted by atomic mass is 10.1. The van der Waals surface area contributed by atoms with Crippen molar-refractivity contribution >= 4 is 29.3 Å². The van der Waals surface area contributed by atoms with Crippen LogP contribution in [0.5, 0.6) is 5.75 Å². The predicted molar refractivity (Wildman–Crippen MR) is 121 cm³/mol. The van der Waals surface area contributed by atoms with Gasteiger partial charge in [0, 0.05) is 11.3 Å². The van der Waals surface area contributed by atoms with Gasteiger partial charge in [-0.25, -0.2) is 4.79 Å². The summed E-state index contributed by atoms with van der Waals surface area (Å²) >= 11 is 0. The van der Waals surface area contributed by atoms with Gasteiger partial charge in [-0.3, -0.25) is 9.69 Å². The molecular weight excluding hydrogens is 390 g/mol. The van der Waals surface area contributed by atoms with Crippen LogP contribution in [-0.4, -0.2) is 26.1 Å². The number of hydrogen-bond donors (Lipinski definition) is 0. The zero-order valence-electron chi connectivity index (χ0n) is 17.2. The minimum atomic E-state index is -0.418. The van der Waals surface area contributed by atoms with E-state index in [1.807, 2.05) is 66.7 Å². The van der Waals surface area contributed by atoms with Gasteiger partial charge in [-0.2, -0.15) is 0 Å². The fourth-order valence-electron chi connectivity index (χ4n) is 3.44. The molecule has 5 heteroatoms. The van der Waals surface area contributed by atoms with Crippen LogP contribution in [-0.2, 0) is 9.53 Å². The van der Waals surface area contributed by atoms with Crippen LogP contribution in [0, 0.1) is 0 Å². The van der Waals surface area contributed by atoms with Crippen LogP contribution in [0.25, 0.3) is 11.8 Å². The molecule has 1 aliphatic rings. The fourth-order valence-corrected chi connectivity index (χ4v) is 3.44. The Morgan fingerprint density at radius 1 is 0.871 bits per heavy atom. The number of hydrogen-bond acceptors (Lipinski definition) is 4. The monoisotopic (exact) mass is 411 g/mol. The molecule has 0 atom stereocenters. The summed E-state index contributed by atoms with van der Waals surface area (Å²) in [4.78, 5) is 26.8. The molecule has 3 aromatic rings. The second-order valence-corrected chi connectivity index (χ2v) is 6.95. The van der Waals surface area contributed by atoms with Gasteiger partial charge in [-0.15, -0.1) is 0 Å². The summed E-state index contributed by atoms with van der Waals surface area (Å²) < 4.78 is 9.97. The zero-order chi connectivity index (χ0) is 21.8.